The van der Waals surface area contributed by atoms with Crippen LogP contribution in [0.2, 0.25) is 5.02 Å². The van der Waals surface area contributed by atoms with Gasteiger partial charge in [0, 0.05) is 7.05 Å². The van der Waals surface area contributed by atoms with Crippen molar-refractivity contribution in [3.8, 4) is 0 Å². The SMILES string of the molecule is Cn1cnc2c(Cl)cc(C(C)(C)C)cc21. The third-order valence-electron chi connectivity index (χ3n) is 2.65. The monoisotopic (exact) mass is 222 g/mol. The van der Waals surface area contributed by atoms with E-state index in [-0.39, 0.29) is 5.41 Å². The molecule has 0 spiro atoms. The molecule has 2 nitrogen and oxygen atoms in total. The van der Waals surface area contributed by atoms with Gasteiger partial charge in [-0.05, 0) is 23.1 Å². The van der Waals surface area contributed by atoms with E-state index >= 15 is 0 Å². The van der Waals surface area contributed by atoms with Gasteiger partial charge in [0.1, 0.15) is 5.52 Å². The lowest BCUT2D eigenvalue weighted by Crippen LogP contribution is -2.11. The Bertz CT molecular complexity index is 506. The van der Waals surface area contributed by atoms with Gasteiger partial charge < -0.3 is 4.57 Å². The summed E-state index contributed by atoms with van der Waals surface area (Å²) in [6, 6.07) is 4.17. The van der Waals surface area contributed by atoms with Crippen LogP contribution in [0.4, 0.5) is 0 Å². The first-order valence-electron chi connectivity index (χ1n) is 5.00. The number of hydrogen-bond acceptors (Lipinski definition) is 1. The second-order valence-corrected chi connectivity index (χ2v) is 5.34. The maximum atomic E-state index is 6.21. The highest BCUT2D eigenvalue weighted by Gasteiger charge is 2.16. The predicted octanol–water partition coefficient (Wildman–Crippen LogP) is 3.52. The summed E-state index contributed by atoms with van der Waals surface area (Å²) in [7, 11) is 1.98. The number of imidazole rings is 1. The molecule has 3 heteroatoms. The van der Waals surface area contributed by atoms with Crippen molar-refractivity contribution in [1.82, 2.24) is 9.55 Å². The molecule has 0 aliphatic heterocycles. The van der Waals surface area contributed by atoms with E-state index in [9.17, 15) is 0 Å². The van der Waals surface area contributed by atoms with Crippen LogP contribution in [0.15, 0.2) is 18.5 Å². The average molecular weight is 223 g/mol. The fourth-order valence-electron chi connectivity index (χ4n) is 1.62. The number of hydrogen-bond donors (Lipinski definition) is 0. The Morgan fingerprint density at radius 1 is 1.27 bits per heavy atom. The van der Waals surface area contributed by atoms with Gasteiger partial charge in [-0.2, -0.15) is 0 Å². The van der Waals surface area contributed by atoms with Gasteiger partial charge in [-0.1, -0.05) is 32.4 Å². The number of fused-ring (bicyclic) bond motifs is 1. The normalized spacial score (nSPS) is 12.3. The summed E-state index contributed by atoms with van der Waals surface area (Å²) in [5.41, 5.74) is 3.32. The topological polar surface area (TPSA) is 17.8 Å². The van der Waals surface area contributed by atoms with Gasteiger partial charge in [0.2, 0.25) is 0 Å². The Labute approximate surface area is 94.9 Å². The number of rotatable bonds is 0. The van der Waals surface area contributed by atoms with Crippen molar-refractivity contribution >= 4 is 22.6 Å². The van der Waals surface area contributed by atoms with Crippen molar-refractivity contribution in [2.24, 2.45) is 7.05 Å². The minimum absolute atomic E-state index is 0.113. The molecule has 80 valence electrons. The number of halogens is 1. The molecule has 2 aromatic rings. The smallest absolute Gasteiger partial charge is 0.107 e. The fourth-order valence-corrected chi connectivity index (χ4v) is 1.88. The van der Waals surface area contributed by atoms with Gasteiger partial charge in [-0.15, -0.1) is 0 Å². The summed E-state index contributed by atoms with van der Waals surface area (Å²) >= 11 is 6.21. The molecule has 1 heterocycles. The summed E-state index contributed by atoms with van der Waals surface area (Å²) < 4.78 is 2.00. The molecule has 1 aromatic carbocycles. The van der Waals surface area contributed by atoms with Crippen LogP contribution in [0.1, 0.15) is 26.3 Å². The maximum Gasteiger partial charge on any atom is 0.107 e. The summed E-state index contributed by atoms with van der Waals surface area (Å²) in [5.74, 6) is 0. The molecule has 1 aromatic heterocycles. The van der Waals surface area contributed by atoms with Gasteiger partial charge in [0.05, 0.1) is 16.9 Å². The zero-order valence-electron chi connectivity index (χ0n) is 9.50. The Morgan fingerprint density at radius 2 is 1.93 bits per heavy atom. The molecule has 0 atom stereocenters. The van der Waals surface area contributed by atoms with Gasteiger partial charge in [-0.3, -0.25) is 0 Å². The van der Waals surface area contributed by atoms with Crippen LogP contribution in [0.25, 0.3) is 11.0 Å². The second-order valence-electron chi connectivity index (χ2n) is 4.93. The van der Waals surface area contributed by atoms with Crippen molar-refractivity contribution in [2.75, 3.05) is 0 Å². The van der Waals surface area contributed by atoms with Crippen molar-refractivity contribution in [2.45, 2.75) is 26.2 Å². The van der Waals surface area contributed by atoms with Crippen LogP contribution in [0.5, 0.6) is 0 Å². The predicted molar refractivity (Wildman–Crippen MR) is 64.4 cm³/mol. The van der Waals surface area contributed by atoms with E-state index < -0.39 is 0 Å². The highest BCUT2D eigenvalue weighted by Crippen LogP contribution is 2.30. The summed E-state index contributed by atoms with van der Waals surface area (Å²) in [4.78, 5) is 4.27. The van der Waals surface area contributed by atoms with E-state index in [1.165, 1.54) is 5.56 Å². The highest BCUT2D eigenvalue weighted by atomic mass is 35.5. The number of aryl methyl sites for hydroxylation is 1. The molecular weight excluding hydrogens is 208 g/mol. The van der Waals surface area contributed by atoms with Crippen molar-refractivity contribution in [3.05, 3.63) is 29.0 Å². The number of benzene rings is 1. The van der Waals surface area contributed by atoms with Gasteiger partial charge in [-0.25, -0.2) is 4.98 Å². The van der Waals surface area contributed by atoms with E-state index in [1.807, 2.05) is 17.7 Å². The summed E-state index contributed by atoms with van der Waals surface area (Å²) in [5, 5.41) is 0.734. The van der Waals surface area contributed by atoms with Crippen molar-refractivity contribution < 1.29 is 0 Å². The van der Waals surface area contributed by atoms with E-state index in [1.54, 1.807) is 6.33 Å². The first kappa shape index (κ1) is 10.5. The Kier molecular flexibility index (Phi) is 2.27. The lowest BCUT2D eigenvalue weighted by Gasteiger charge is -2.19. The van der Waals surface area contributed by atoms with E-state index in [2.05, 4.69) is 31.8 Å². The third-order valence-corrected chi connectivity index (χ3v) is 2.94. The van der Waals surface area contributed by atoms with Gasteiger partial charge in [0.15, 0.2) is 0 Å². The van der Waals surface area contributed by atoms with Gasteiger partial charge in [0.25, 0.3) is 0 Å². The van der Waals surface area contributed by atoms with E-state index in [4.69, 9.17) is 11.6 Å². The van der Waals surface area contributed by atoms with Crippen LogP contribution >= 0.6 is 11.6 Å². The molecule has 0 bridgehead atoms. The second kappa shape index (κ2) is 3.24. The minimum atomic E-state index is 0.113. The third kappa shape index (κ3) is 1.74. The lowest BCUT2D eigenvalue weighted by atomic mass is 9.87. The zero-order chi connectivity index (χ0) is 11.2. The standard InChI is InChI=1S/C12H15ClN2/c1-12(2,3)8-5-9(13)11-10(6-8)15(4)7-14-11/h5-7H,1-4H3. The Hall–Kier alpha value is -1.02. The van der Waals surface area contributed by atoms with E-state index in [0.717, 1.165) is 16.1 Å². The molecule has 15 heavy (non-hydrogen) atoms. The van der Waals surface area contributed by atoms with Crippen LogP contribution in [0, 0.1) is 0 Å². The molecule has 0 radical (unpaired) electrons. The molecule has 0 aliphatic rings. The summed E-state index contributed by atoms with van der Waals surface area (Å²) in [6.45, 7) is 6.54. The molecule has 0 amide bonds. The van der Waals surface area contributed by atoms with Crippen molar-refractivity contribution in [1.29, 1.82) is 0 Å². The van der Waals surface area contributed by atoms with E-state index in [0.29, 0.717) is 0 Å². The van der Waals surface area contributed by atoms with Crippen molar-refractivity contribution in [3.63, 3.8) is 0 Å². The Morgan fingerprint density at radius 3 is 2.53 bits per heavy atom. The largest absolute Gasteiger partial charge is 0.334 e. The molecule has 0 unspecified atom stereocenters. The van der Waals surface area contributed by atoms with Crippen LogP contribution in [0.3, 0.4) is 0 Å². The lowest BCUT2D eigenvalue weighted by molar-refractivity contribution is 0.591. The van der Waals surface area contributed by atoms with Crippen LogP contribution < -0.4 is 0 Å². The molecule has 2 rings (SSSR count). The first-order valence-corrected chi connectivity index (χ1v) is 5.38. The number of aromatic nitrogens is 2. The summed E-state index contributed by atoms with van der Waals surface area (Å²) in [6.07, 6.45) is 1.79. The average Bonchev–Trinajstić information content (AvgIpc) is 2.47. The fraction of sp³-hybridized carbons (Fsp3) is 0.417. The number of nitrogens with zero attached hydrogens (tertiary/aromatic N) is 2. The van der Waals surface area contributed by atoms with Crippen LogP contribution in [-0.2, 0) is 12.5 Å². The first-order chi connectivity index (χ1) is 6.89. The maximum absolute atomic E-state index is 6.21. The molecule has 0 saturated heterocycles. The zero-order valence-corrected chi connectivity index (χ0v) is 10.3. The molecule has 0 saturated carbocycles. The van der Waals surface area contributed by atoms with Crippen LogP contribution in [-0.4, -0.2) is 9.55 Å². The molecule has 0 fully saturated rings. The quantitative estimate of drug-likeness (QED) is 0.667. The van der Waals surface area contributed by atoms with Gasteiger partial charge >= 0.3 is 0 Å². The highest BCUT2D eigenvalue weighted by molar-refractivity contribution is 6.35. The minimum Gasteiger partial charge on any atom is -0.334 e. The molecule has 0 N–H and O–H groups in total. The molecule has 0 aliphatic carbocycles. The Balaban J connectivity index is 2.76. The molecular formula is C12H15ClN2.